The number of rotatable bonds is 6. The second-order valence-corrected chi connectivity index (χ2v) is 6.36. The summed E-state index contributed by atoms with van der Waals surface area (Å²) in [7, 11) is 0. The van der Waals surface area contributed by atoms with E-state index in [2.05, 4.69) is 18.3 Å². The second kappa shape index (κ2) is 6.69. The Bertz CT molecular complexity index is 517. The van der Waals surface area contributed by atoms with Gasteiger partial charge in [0, 0.05) is 18.0 Å². The van der Waals surface area contributed by atoms with Crippen molar-refractivity contribution in [3.8, 4) is 5.75 Å². The van der Waals surface area contributed by atoms with Crippen molar-refractivity contribution in [2.24, 2.45) is 11.1 Å². The van der Waals surface area contributed by atoms with Gasteiger partial charge in [0.05, 0.1) is 11.5 Å². The molecule has 0 aromatic heterocycles. The first-order valence-corrected chi connectivity index (χ1v) is 8.25. The fourth-order valence-corrected chi connectivity index (χ4v) is 3.32. The van der Waals surface area contributed by atoms with Gasteiger partial charge >= 0.3 is 0 Å². The van der Waals surface area contributed by atoms with Gasteiger partial charge in [0.25, 0.3) is 0 Å². The smallest absolute Gasteiger partial charge is 0.227 e. The van der Waals surface area contributed by atoms with Crippen molar-refractivity contribution in [1.29, 1.82) is 0 Å². The van der Waals surface area contributed by atoms with Crippen molar-refractivity contribution in [2.75, 3.05) is 6.54 Å². The highest BCUT2D eigenvalue weighted by Crippen LogP contribution is 2.39. The Morgan fingerprint density at radius 3 is 2.55 bits per heavy atom. The number of hydrogen-bond acceptors (Lipinski definition) is 3. The highest BCUT2D eigenvalue weighted by Gasteiger charge is 2.39. The Labute approximate surface area is 133 Å². The molecule has 3 atom stereocenters. The van der Waals surface area contributed by atoms with Crippen LogP contribution in [-0.2, 0) is 4.79 Å². The lowest BCUT2D eigenvalue weighted by atomic mass is 9.81. The molecule has 4 heteroatoms. The van der Waals surface area contributed by atoms with Gasteiger partial charge in [0.2, 0.25) is 5.91 Å². The van der Waals surface area contributed by atoms with Gasteiger partial charge in [-0.3, -0.25) is 4.79 Å². The molecule has 0 saturated carbocycles. The monoisotopic (exact) mass is 304 g/mol. The fourth-order valence-electron chi connectivity index (χ4n) is 3.32. The SMILES string of the molecule is CCC(CC)(CN)C(=O)NC(C)C1Oc2ccccc2C1C. The summed E-state index contributed by atoms with van der Waals surface area (Å²) in [6, 6.07) is 8.03. The van der Waals surface area contributed by atoms with Crippen LogP contribution in [0.4, 0.5) is 0 Å². The van der Waals surface area contributed by atoms with Crippen LogP contribution < -0.4 is 15.8 Å². The van der Waals surface area contributed by atoms with Crippen molar-refractivity contribution < 1.29 is 9.53 Å². The molecule has 0 fully saturated rings. The Balaban J connectivity index is 2.08. The van der Waals surface area contributed by atoms with E-state index in [1.165, 1.54) is 5.56 Å². The lowest BCUT2D eigenvalue weighted by Gasteiger charge is -2.32. The lowest BCUT2D eigenvalue weighted by Crippen LogP contribution is -2.52. The van der Waals surface area contributed by atoms with E-state index in [9.17, 15) is 4.79 Å². The molecule has 2 rings (SSSR count). The van der Waals surface area contributed by atoms with Crippen molar-refractivity contribution in [3.63, 3.8) is 0 Å². The van der Waals surface area contributed by atoms with Crippen LogP contribution in [-0.4, -0.2) is 24.6 Å². The van der Waals surface area contributed by atoms with Gasteiger partial charge < -0.3 is 15.8 Å². The number of amides is 1. The van der Waals surface area contributed by atoms with Crippen LogP contribution in [0.25, 0.3) is 0 Å². The molecule has 1 aromatic carbocycles. The maximum absolute atomic E-state index is 12.7. The predicted molar refractivity (Wildman–Crippen MR) is 88.9 cm³/mol. The van der Waals surface area contributed by atoms with Gasteiger partial charge in [-0.15, -0.1) is 0 Å². The Morgan fingerprint density at radius 1 is 1.36 bits per heavy atom. The average Bonchev–Trinajstić information content (AvgIpc) is 2.87. The van der Waals surface area contributed by atoms with Crippen molar-refractivity contribution in [1.82, 2.24) is 5.32 Å². The number of benzene rings is 1. The van der Waals surface area contributed by atoms with Crippen LogP contribution >= 0.6 is 0 Å². The minimum atomic E-state index is -0.469. The van der Waals surface area contributed by atoms with E-state index in [0.29, 0.717) is 6.54 Å². The zero-order valence-corrected chi connectivity index (χ0v) is 14.1. The molecule has 0 bridgehead atoms. The highest BCUT2D eigenvalue weighted by atomic mass is 16.5. The quantitative estimate of drug-likeness (QED) is 0.849. The summed E-state index contributed by atoms with van der Waals surface area (Å²) in [6.07, 6.45) is 1.46. The number of carbonyl (C=O) groups excluding carboxylic acids is 1. The van der Waals surface area contributed by atoms with Crippen LogP contribution in [0.5, 0.6) is 5.75 Å². The fraction of sp³-hybridized carbons (Fsp3) is 0.611. The zero-order valence-electron chi connectivity index (χ0n) is 14.1. The third-order valence-corrected chi connectivity index (χ3v) is 5.24. The van der Waals surface area contributed by atoms with Gasteiger partial charge in [-0.05, 0) is 25.8 Å². The molecule has 122 valence electrons. The van der Waals surface area contributed by atoms with Gasteiger partial charge in [0.1, 0.15) is 11.9 Å². The van der Waals surface area contributed by atoms with Gasteiger partial charge in [0.15, 0.2) is 0 Å². The predicted octanol–water partition coefficient (Wildman–Crippen LogP) is 2.82. The first-order chi connectivity index (χ1) is 10.5. The molecule has 1 heterocycles. The molecular weight excluding hydrogens is 276 g/mol. The lowest BCUT2D eigenvalue weighted by molar-refractivity contribution is -0.132. The average molecular weight is 304 g/mol. The minimum Gasteiger partial charge on any atom is -0.487 e. The standard InChI is InChI=1S/C18H28N2O2/c1-5-18(6-2,11-19)17(21)20-13(4)16-12(3)14-9-7-8-10-15(14)22-16/h7-10,12-13,16H,5-6,11,19H2,1-4H3,(H,20,21). The van der Waals surface area contributed by atoms with Crippen LogP contribution in [0, 0.1) is 5.41 Å². The molecule has 3 unspecified atom stereocenters. The number of ether oxygens (including phenoxy) is 1. The summed E-state index contributed by atoms with van der Waals surface area (Å²) in [4.78, 5) is 12.7. The number of carbonyl (C=O) groups is 1. The molecule has 1 aliphatic rings. The van der Waals surface area contributed by atoms with Crippen LogP contribution in [0.2, 0.25) is 0 Å². The van der Waals surface area contributed by atoms with E-state index < -0.39 is 5.41 Å². The zero-order chi connectivity index (χ0) is 16.3. The number of nitrogens with one attached hydrogen (secondary N) is 1. The summed E-state index contributed by atoms with van der Waals surface area (Å²) in [5, 5.41) is 3.14. The summed E-state index contributed by atoms with van der Waals surface area (Å²) in [5.41, 5.74) is 6.61. The van der Waals surface area contributed by atoms with E-state index in [0.717, 1.165) is 18.6 Å². The molecule has 0 aliphatic carbocycles. The largest absolute Gasteiger partial charge is 0.487 e. The van der Waals surface area contributed by atoms with Crippen LogP contribution in [0.1, 0.15) is 52.0 Å². The van der Waals surface area contributed by atoms with Crippen molar-refractivity contribution in [3.05, 3.63) is 29.8 Å². The molecule has 0 spiro atoms. The van der Waals surface area contributed by atoms with E-state index >= 15 is 0 Å². The number of fused-ring (bicyclic) bond motifs is 1. The van der Waals surface area contributed by atoms with Gasteiger partial charge in [-0.25, -0.2) is 0 Å². The Morgan fingerprint density at radius 2 is 2.00 bits per heavy atom. The number of nitrogens with two attached hydrogens (primary N) is 1. The van der Waals surface area contributed by atoms with Crippen LogP contribution in [0.15, 0.2) is 24.3 Å². The van der Waals surface area contributed by atoms with Crippen molar-refractivity contribution >= 4 is 5.91 Å². The molecule has 0 saturated heterocycles. The van der Waals surface area contributed by atoms with Crippen LogP contribution in [0.3, 0.4) is 0 Å². The van der Waals surface area contributed by atoms with E-state index in [-0.39, 0.29) is 24.0 Å². The van der Waals surface area contributed by atoms with E-state index in [1.54, 1.807) is 0 Å². The third-order valence-electron chi connectivity index (χ3n) is 5.24. The normalized spacial score (nSPS) is 21.9. The Kier molecular flexibility index (Phi) is 5.12. The first kappa shape index (κ1) is 16.8. The first-order valence-electron chi connectivity index (χ1n) is 8.25. The second-order valence-electron chi connectivity index (χ2n) is 6.36. The van der Waals surface area contributed by atoms with E-state index in [1.807, 2.05) is 39.0 Å². The van der Waals surface area contributed by atoms with Gasteiger partial charge in [-0.1, -0.05) is 39.0 Å². The van der Waals surface area contributed by atoms with E-state index in [4.69, 9.17) is 10.5 Å². The number of para-hydroxylation sites is 1. The topological polar surface area (TPSA) is 64.4 Å². The molecule has 4 nitrogen and oxygen atoms in total. The Hall–Kier alpha value is -1.55. The molecule has 3 N–H and O–H groups in total. The molecule has 0 radical (unpaired) electrons. The summed E-state index contributed by atoms with van der Waals surface area (Å²) in [6.45, 7) is 8.57. The summed E-state index contributed by atoms with van der Waals surface area (Å²) >= 11 is 0. The maximum atomic E-state index is 12.7. The molecule has 1 aliphatic heterocycles. The summed E-state index contributed by atoms with van der Waals surface area (Å²) < 4.78 is 6.05. The van der Waals surface area contributed by atoms with Gasteiger partial charge in [-0.2, -0.15) is 0 Å². The molecular formula is C18H28N2O2. The molecule has 1 amide bonds. The molecule has 22 heavy (non-hydrogen) atoms. The third kappa shape index (κ3) is 2.84. The van der Waals surface area contributed by atoms with Crippen molar-refractivity contribution in [2.45, 2.75) is 58.6 Å². The minimum absolute atomic E-state index is 0.0365. The highest BCUT2D eigenvalue weighted by molar-refractivity contribution is 5.83. The summed E-state index contributed by atoms with van der Waals surface area (Å²) in [5.74, 6) is 1.23. The number of hydrogen-bond donors (Lipinski definition) is 2. The molecule has 1 aromatic rings. The maximum Gasteiger partial charge on any atom is 0.227 e.